The first kappa shape index (κ1) is 9.24. The molecule has 0 saturated heterocycles. The number of nitrogens with one attached hydrogen (secondary N) is 1. The minimum absolute atomic E-state index is 0.00935. The number of rotatable bonds is 4. The summed E-state index contributed by atoms with van der Waals surface area (Å²) < 4.78 is 0. The molecule has 1 aromatic rings. The Labute approximate surface area is 76.8 Å². The molecule has 1 aromatic heterocycles. The molecule has 2 nitrogen and oxygen atoms in total. The van der Waals surface area contributed by atoms with E-state index in [0.717, 1.165) is 13.0 Å². The Hall–Kier alpha value is -0.850. The van der Waals surface area contributed by atoms with Crippen LogP contribution in [0, 0.1) is 11.3 Å². The molecule has 1 unspecified atom stereocenters. The molecule has 3 heteroatoms. The highest BCUT2D eigenvalue weighted by Gasteiger charge is 2.02. The summed E-state index contributed by atoms with van der Waals surface area (Å²) in [5, 5.41) is 16.0. The van der Waals surface area contributed by atoms with Gasteiger partial charge in [0.15, 0.2) is 0 Å². The third-order valence-electron chi connectivity index (χ3n) is 1.70. The van der Waals surface area contributed by atoms with E-state index >= 15 is 0 Å². The first-order chi connectivity index (χ1) is 5.86. The summed E-state index contributed by atoms with van der Waals surface area (Å²) in [5.41, 5.74) is 1.26. The van der Waals surface area contributed by atoms with Crippen LogP contribution in [0.5, 0.6) is 0 Å². The Morgan fingerprint density at radius 1 is 1.75 bits per heavy atom. The van der Waals surface area contributed by atoms with Crippen molar-refractivity contribution in [3.8, 4) is 6.07 Å². The molecule has 1 N–H and O–H groups in total. The third kappa shape index (κ3) is 2.65. The van der Waals surface area contributed by atoms with Gasteiger partial charge >= 0.3 is 0 Å². The van der Waals surface area contributed by atoms with Crippen LogP contribution in [0.15, 0.2) is 16.8 Å². The smallest absolute Gasteiger partial charge is 0.0952 e. The SMILES string of the molecule is CCC(C#N)NCc1ccsc1. The van der Waals surface area contributed by atoms with Crippen LogP contribution in [0.1, 0.15) is 18.9 Å². The molecule has 0 aromatic carbocycles. The lowest BCUT2D eigenvalue weighted by atomic mass is 10.2. The van der Waals surface area contributed by atoms with E-state index in [4.69, 9.17) is 5.26 Å². The van der Waals surface area contributed by atoms with Gasteiger partial charge in [-0.25, -0.2) is 0 Å². The first-order valence-corrected chi connectivity index (χ1v) is 4.95. The molecule has 0 aliphatic carbocycles. The van der Waals surface area contributed by atoms with E-state index in [1.165, 1.54) is 5.56 Å². The van der Waals surface area contributed by atoms with Crippen molar-refractivity contribution in [3.05, 3.63) is 22.4 Å². The van der Waals surface area contributed by atoms with E-state index in [-0.39, 0.29) is 6.04 Å². The van der Waals surface area contributed by atoms with Gasteiger partial charge in [0.2, 0.25) is 0 Å². The van der Waals surface area contributed by atoms with Crippen molar-refractivity contribution in [1.82, 2.24) is 5.32 Å². The van der Waals surface area contributed by atoms with Crippen molar-refractivity contribution in [1.29, 1.82) is 5.26 Å². The fourth-order valence-corrected chi connectivity index (χ4v) is 1.58. The minimum atomic E-state index is -0.00935. The lowest BCUT2D eigenvalue weighted by Gasteiger charge is -2.06. The lowest BCUT2D eigenvalue weighted by Crippen LogP contribution is -2.25. The number of hydrogen-bond donors (Lipinski definition) is 1. The van der Waals surface area contributed by atoms with Crippen LogP contribution in [0.4, 0.5) is 0 Å². The highest BCUT2D eigenvalue weighted by Crippen LogP contribution is 2.05. The fourth-order valence-electron chi connectivity index (χ4n) is 0.916. The standard InChI is InChI=1S/C9H12N2S/c1-2-9(5-10)11-6-8-3-4-12-7-8/h3-4,7,9,11H,2,6H2,1H3. The Morgan fingerprint density at radius 2 is 2.58 bits per heavy atom. The van der Waals surface area contributed by atoms with Gasteiger partial charge in [0.05, 0.1) is 12.1 Å². The average Bonchev–Trinajstić information content (AvgIpc) is 2.59. The number of thiophene rings is 1. The van der Waals surface area contributed by atoms with Gasteiger partial charge in [-0.05, 0) is 28.8 Å². The molecule has 0 saturated carbocycles. The lowest BCUT2D eigenvalue weighted by molar-refractivity contribution is 0.588. The van der Waals surface area contributed by atoms with Crippen LogP contribution < -0.4 is 5.32 Å². The quantitative estimate of drug-likeness (QED) is 0.770. The maximum absolute atomic E-state index is 8.64. The summed E-state index contributed by atoms with van der Waals surface area (Å²) in [4.78, 5) is 0. The zero-order valence-corrected chi connectivity index (χ0v) is 7.90. The molecule has 0 aliphatic heterocycles. The molecule has 1 rings (SSSR count). The molecule has 0 bridgehead atoms. The molecule has 0 aliphatic rings. The first-order valence-electron chi connectivity index (χ1n) is 4.01. The molecule has 0 amide bonds. The van der Waals surface area contributed by atoms with Gasteiger partial charge in [-0.2, -0.15) is 16.6 Å². The highest BCUT2D eigenvalue weighted by atomic mass is 32.1. The van der Waals surface area contributed by atoms with Crippen molar-refractivity contribution in [2.45, 2.75) is 25.9 Å². The van der Waals surface area contributed by atoms with Gasteiger partial charge in [0.1, 0.15) is 0 Å². The van der Waals surface area contributed by atoms with Gasteiger partial charge < -0.3 is 0 Å². The Balaban J connectivity index is 2.31. The van der Waals surface area contributed by atoms with Gasteiger partial charge in [-0.15, -0.1) is 0 Å². The van der Waals surface area contributed by atoms with E-state index in [1.807, 2.05) is 12.3 Å². The summed E-state index contributed by atoms with van der Waals surface area (Å²) in [6.45, 7) is 2.81. The van der Waals surface area contributed by atoms with Crippen LogP contribution in [0.25, 0.3) is 0 Å². The predicted octanol–water partition coefficient (Wildman–Crippen LogP) is 2.14. The van der Waals surface area contributed by atoms with Gasteiger partial charge in [-0.3, -0.25) is 5.32 Å². The van der Waals surface area contributed by atoms with E-state index in [1.54, 1.807) is 11.3 Å². The van der Waals surface area contributed by atoms with E-state index in [9.17, 15) is 0 Å². The normalized spacial score (nSPS) is 12.3. The Bertz CT molecular complexity index is 248. The van der Waals surface area contributed by atoms with Gasteiger partial charge in [0.25, 0.3) is 0 Å². The number of nitriles is 1. The Morgan fingerprint density at radius 3 is 3.08 bits per heavy atom. The predicted molar refractivity (Wildman–Crippen MR) is 50.9 cm³/mol. The second kappa shape index (κ2) is 4.91. The van der Waals surface area contributed by atoms with Gasteiger partial charge in [-0.1, -0.05) is 6.92 Å². The average molecular weight is 180 g/mol. The zero-order valence-electron chi connectivity index (χ0n) is 7.08. The molecule has 0 fully saturated rings. The topological polar surface area (TPSA) is 35.8 Å². The van der Waals surface area contributed by atoms with E-state index in [0.29, 0.717) is 0 Å². The zero-order chi connectivity index (χ0) is 8.81. The second-order valence-electron chi connectivity index (χ2n) is 2.60. The fraction of sp³-hybridized carbons (Fsp3) is 0.444. The van der Waals surface area contributed by atoms with Gasteiger partial charge in [0, 0.05) is 6.54 Å². The monoisotopic (exact) mass is 180 g/mol. The maximum Gasteiger partial charge on any atom is 0.0952 e. The molecular weight excluding hydrogens is 168 g/mol. The molecule has 0 spiro atoms. The second-order valence-corrected chi connectivity index (χ2v) is 3.38. The summed E-state index contributed by atoms with van der Waals surface area (Å²) in [7, 11) is 0. The molecule has 1 heterocycles. The van der Waals surface area contributed by atoms with E-state index in [2.05, 4.69) is 22.8 Å². The third-order valence-corrected chi connectivity index (χ3v) is 2.43. The molecular formula is C9H12N2S. The van der Waals surface area contributed by atoms with Crippen molar-refractivity contribution < 1.29 is 0 Å². The summed E-state index contributed by atoms with van der Waals surface area (Å²) in [6.07, 6.45) is 0.862. The van der Waals surface area contributed by atoms with Crippen molar-refractivity contribution in [2.75, 3.05) is 0 Å². The number of hydrogen-bond acceptors (Lipinski definition) is 3. The summed E-state index contributed by atoms with van der Waals surface area (Å²) in [6, 6.07) is 4.27. The van der Waals surface area contributed by atoms with Crippen LogP contribution >= 0.6 is 11.3 Å². The number of nitrogens with zero attached hydrogens (tertiary/aromatic N) is 1. The minimum Gasteiger partial charge on any atom is -0.298 e. The van der Waals surface area contributed by atoms with Crippen molar-refractivity contribution >= 4 is 11.3 Å². The van der Waals surface area contributed by atoms with Crippen molar-refractivity contribution in [3.63, 3.8) is 0 Å². The van der Waals surface area contributed by atoms with Crippen LogP contribution in [0.3, 0.4) is 0 Å². The van der Waals surface area contributed by atoms with Crippen LogP contribution in [-0.4, -0.2) is 6.04 Å². The Kier molecular flexibility index (Phi) is 3.78. The summed E-state index contributed by atoms with van der Waals surface area (Å²) in [5.74, 6) is 0. The molecule has 64 valence electrons. The van der Waals surface area contributed by atoms with Crippen molar-refractivity contribution in [2.24, 2.45) is 0 Å². The van der Waals surface area contributed by atoms with Crippen LogP contribution in [0.2, 0.25) is 0 Å². The molecule has 1 atom stereocenters. The molecule has 12 heavy (non-hydrogen) atoms. The summed E-state index contributed by atoms with van der Waals surface area (Å²) >= 11 is 1.68. The van der Waals surface area contributed by atoms with E-state index < -0.39 is 0 Å². The van der Waals surface area contributed by atoms with Crippen LogP contribution in [-0.2, 0) is 6.54 Å². The molecule has 0 radical (unpaired) electrons. The highest BCUT2D eigenvalue weighted by molar-refractivity contribution is 7.07. The largest absolute Gasteiger partial charge is 0.298 e. The maximum atomic E-state index is 8.64.